The van der Waals surface area contributed by atoms with Crippen molar-refractivity contribution in [2.45, 2.75) is 20.0 Å². The molecule has 0 radical (unpaired) electrons. The van der Waals surface area contributed by atoms with E-state index >= 15 is 0 Å². The van der Waals surface area contributed by atoms with Crippen molar-refractivity contribution < 1.29 is 9.50 Å². The number of rotatable bonds is 2. The van der Waals surface area contributed by atoms with Crippen molar-refractivity contribution in [3.63, 3.8) is 0 Å². The Kier molecular flexibility index (Phi) is 3.03. The normalized spacial score (nSPS) is 12.8. The Morgan fingerprint density at radius 1 is 1.38 bits per heavy atom. The Morgan fingerprint density at radius 3 is 2.69 bits per heavy atom. The smallest absolute Gasteiger partial charge is 0.126 e. The second kappa shape index (κ2) is 4.31. The molecule has 4 heteroatoms. The van der Waals surface area contributed by atoms with Crippen LogP contribution in [0.4, 0.5) is 4.39 Å². The summed E-state index contributed by atoms with van der Waals surface area (Å²) >= 11 is 1.45. The summed E-state index contributed by atoms with van der Waals surface area (Å²) in [4.78, 5) is 4.87. The van der Waals surface area contributed by atoms with Gasteiger partial charge in [0.25, 0.3) is 0 Å². The van der Waals surface area contributed by atoms with Crippen LogP contribution >= 0.6 is 11.3 Å². The molecular weight excluding hydrogens is 225 g/mol. The average Bonchev–Trinajstić information content (AvgIpc) is 2.68. The van der Waals surface area contributed by atoms with Crippen LogP contribution in [0.25, 0.3) is 0 Å². The van der Waals surface area contributed by atoms with Crippen LogP contribution in [0.5, 0.6) is 0 Å². The lowest BCUT2D eigenvalue weighted by atomic mass is 10.1. The van der Waals surface area contributed by atoms with Gasteiger partial charge in [-0.15, -0.1) is 11.3 Å². The first-order valence-corrected chi connectivity index (χ1v) is 5.76. The number of hydrogen-bond donors (Lipinski definition) is 1. The Bertz CT molecular complexity index is 509. The maximum absolute atomic E-state index is 13.1. The molecule has 0 saturated heterocycles. The van der Waals surface area contributed by atoms with Crippen LogP contribution < -0.4 is 0 Å². The zero-order valence-corrected chi connectivity index (χ0v) is 9.88. The largest absolute Gasteiger partial charge is 0.383 e. The van der Waals surface area contributed by atoms with E-state index in [-0.39, 0.29) is 5.82 Å². The molecule has 0 fully saturated rings. The summed E-state index contributed by atoms with van der Waals surface area (Å²) in [5.74, 6) is -0.253. The molecular formula is C12H12FNOS. The van der Waals surface area contributed by atoms with E-state index in [0.717, 1.165) is 9.88 Å². The average molecular weight is 237 g/mol. The maximum atomic E-state index is 13.1. The zero-order valence-electron chi connectivity index (χ0n) is 9.07. The van der Waals surface area contributed by atoms with Gasteiger partial charge in [0, 0.05) is 6.20 Å². The number of aliphatic hydroxyl groups is 1. The van der Waals surface area contributed by atoms with Gasteiger partial charge >= 0.3 is 0 Å². The minimum atomic E-state index is -0.717. The zero-order chi connectivity index (χ0) is 11.7. The second-order valence-corrected chi connectivity index (χ2v) is 4.96. The summed E-state index contributed by atoms with van der Waals surface area (Å²) in [6.45, 7) is 3.57. The molecule has 1 atom stereocenters. The van der Waals surface area contributed by atoms with Gasteiger partial charge in [-0.05, 0) is 31.0 Å². The van der Waals surface area contributed by atoms with Gasteiger partial charge in [0.15, 0.2) is 0 Å². The fourth-order valence-electron chi connectivity index (χ4n) is 1.51. The Hall–Kier alpha value is -1.26. The van der Waals surface area contributed by atoms with Gasteiger partial charge in [-0.2, -0.15) is 0 Å². The predicted molar refractivity (Wildman–Crippen MR) is 62.0 cm³/mol. The van der Waals surface area contributed by atoms with E-state index in [2.05, 4.69) is 4.98 Å². The van der Waals surface area contributed by atoms with Crippen LogP contribution in [0.15, 0.2) is 24.4 Å². The summed E-state index contributed by atoms with van der Waals surface area (Å²) < 4.78 is 13.1. The number of thiazole rings is 1. The van der Waals surface area contributed by atoms with Crippen LogP contribution in [0.2, 0.25) is 0 Å². The highest BCUT2D eigenvalue weighted by molar-refractivity contribution is 7.11. The minimum absolute atomic E-state index is 0.253. The fourth-order valence-corrected chi connectivity index (χ4v) is 2.31. The quantitative estimate of drug-likeness (QED) is 0.871. The fraction of sp³-hybridized carbons (Fsp3) is 0.250. The molecule has 0 spiro atoms. The molecule has 1 heterocycles. The lowest BCUT2D eigenvalue weighted by Gasteiger charge is -2.09. The molecule has 1 N–H and O–H groups in total. The van der Waals surface area contributed by atoms with Gasteiger partial charge in [0.05, 0.1) is 9.88 Å². The third-order valence-corrected chi connectivity index (χ3v) is 3.37. The Labute approximate surface area is 97.4 Å². The van der Waals surface area contributed by atoms with Crippen molar-refractivity contribution in [2.75, 3.05) is 0 Å². The van der Waals surface area contributed by atoms with E-state index in [1.807, 2.05) is 6.92 Å². The first-order valence-electron chi connectivity index (χ1n) is 4.94. The Balaban J connectivity index is 2.33. The van der Waals surface area contributed by atoms with Crippen molar-refractivity contribution in [2.24, 2.45) is 0 Å². The third kappa shape index (κ3) is 2.13. The summed E-state index contributed by atoms with van der Waals surface area (Å²) in [6.07, 6.45) is 0.939. The van der Waals surface area contributed by atoms with Gasteiger partial charge in [-0.3, -0.25) is 0 Å². The van der Waals surface area contributed by atoms with E-state index < -0.39 is 6.10 Å². The highest BCUT2D eigenvalue weighted by Crippen LogP contribution is 2.27. The van der Waals surface area contributed by atoms with Crippen LogP contribution in [0.3, 0.4) is 0 Å². The first kappa shape index (κ1) is 11.2. The standard InChI is InChI=1S/C12H12FNOS/c1-7-5-9(3-4-10(7)13)12(15)11-6-14-8(2)16-11/h3-6,12,15H,1-2H3. The van der Waals surface area contributed by atoms with Crippen molar-refractivity contribution >= 4 is 11.3 Å². The van der Waals surface area contributed by atoms with Crippen LogP contribution in [-0.4, -0.2) is 10.1 Å². The number of benzene rings is 1. The van der Waals surface area contributed by atoms with Crippen molar-refractivity contribution in [3.05, 3.63) is 51.2 Å². The van der Waals surface area contributed by atoms with E-state index in [4.69, 9.17) is 0 Å². The lowest BCUT2D eigenvalue weighted by Crippen LogP contribution is -1.98. The number of nitrogens with zero attached hydrogens (tertiary/aromatic N) is 1. The molecule has 2 nitrogen and oxygen atoms in total. The molecule has 2 rings (SSSR count). The van der Waals surface area contributed by atoms with E-state index in [0.29, 0.717) is 11.1 Å². The van der Waals surface area contributed by atoms with E-state index in [9.17, 15) is 9.50 Å². The highest BCUT2D eigenvalue weighted by atomic mass is 32.1. The molecule has 1 unspecified atom stereocenters. The number of aryl methyl sites for hydroxylation is 2. The van der Waals surface area contributed by atoms with Crippen LogP contribution in [0.1, 0.15) is 27.1 Å². The van der Waals surface area contributed by atoms with Gasteiger partial charge in [-0.1, -0.05) is 12.1 Å². The first-order chi connectivity index (χ1) is 7.58. The summed E-state index contributed by atoms with van der Waals surface area (Å²) in [5, 5.41) is 11.0. The number of hydrogen-bond acceptors (Lipinski definition) is 3. The van der Waals surface area contributed by atoms with Crippen molar-refractivity contribution in [1.82, 2.24) is 4.98 Å². The topological polar surface area (TPSA) is 33.1 Å². The van der Waals surface area contributed by atoms with Gasteiger partial charge in [0.1, 0.15) is 11.9 Å². The SMILES string of the molecule is Cc1ncc(C(O)c2ccc(F)c(C)c2)s1. The predicted octanol–water partition coefficient (Wildman–Crippen LogP) is 2.98. The Morgan fingerprint density at radius 2 is 2.12 bits per heavy atom. The molecule has 0 aliphatic carbocycles. The molecule has 0 amide bonds. The van der Waals surface area contributed by atoms with Crippen LogP contribution in [0, 0.1) is 19.7 Å². The monoisotopic (exact) mass is 237 g/mol. The highest BCUT2D eigenvalue weighted by Gasteiger charge is 2.14. The van der Waals surface area contributed by atoms with E-state index in [1.54, 1.807) is 25.3 Å². The van der Waals surface area contributed by atoms with Gasteiger partial charge in [0.2, 0.25) is 0 Å². The summed E-state index contributed by atoms with van der Waals surface area (Å²) in [7, 11) is 0. The summed E-state index contributed by atoms with van der Waals surface area (Å²) in [5.41, 5.74) is 1.24. The van der Waals surface area contributed by atoms with Gasteiger partial charge in [-0.25, -0.2) is 9.37 Å². The molecule has 1 aromatic carbocycles. The molecule has 0 aliphatic heterocycles. The number of aromatic nitrogens is 1. The molecule has 0 aliphatic rings. The number of aliphatic hydroxyl groups excluding tert-OH is 1. The molecule has 0 saturated carbocycles. The molecule has 2 aromatic rings. The third-order valence-electron chi connectivity index (χ3n) is 2.41. The molecule has 16 heavy (non-hydrogen) atoms. The van der Waals surface area contributed by atoms with Crippen LogP contribution in [-0.2, 0) is 0 Å². The second-order valence-electron chi connectivity index (χ2n) is 3.69. The van der Waals surface area contributed by atoms with Crippen molar-refractivity contribution in [3.8, 4) is 0 Å². The lowest BCUT2D eigenvalue weighted by molar-refractivity contribution is 0.223. The molecule has 1 aromatic heterocycles. The molecule has 0 bridgehead atoms. The maximum Gasteiger partial charge on any atom is 0.126 e. The summed E-state index contributed by atoms with van der Waals surface area (Å²) in [6, 6.07) is 4.64. The minimum Gasteiger partial charge on any atom is -0.383 e. The van der Waals surface area contributed by atoms with E-state index in [1.165, 1.54) is 17.4 Å². The molecule has 84 valence electrons. The van der Waals surface area contributed by atoms with Gasteiger partial charge < -0.3 is 5.11 Å². The number of halogens is 1. The van der Waals surface area contributed by atoms with Crippen molar-refractivity contribution in [1.29, 1.82) is 0 Å².